The number of ether oxygens (including phenoxy) is 1. The van der Waals surface area contributed by atoms with Crippen LogP contribution in [0.3, 0.4) is 0 Å². The Morgan fingerprint density at radius 3 is 2.65 bits per heavy atom. The summed E-state index contributed by atoms with van der Waals surface area (Å²) < 4.78 is 19.0. The van der Waals surface area contributed by atoms with Gasteiger partial charge in [-0.25, -0.2) is 4.39 Å². The van der Waals surface area contributed by atoms with Crippen molar-refractivity contribution in [2.45, 2.75) is 32.6 Å². The van der Waals surface area contributed by atoms with Gasteiger partial charge in [0.15, 0.2) is 0 Å². The van der Waals surface area contributed by atoms with Gasteiger partial charge in [-0.15, -0.1) is 0 Å². The van der Waals surface area contributed by atoms with E-state index in [1.54, 1.807) is 48.3 Å². The molecule has 0 saturated heterocycles. The number of hydrogen-bond donors (Lipinski definition) is 2. The van der Waals surface area contributed by atoms with Gasteiger partial charge in [-0.3, -0.25) is 14.7 Å². The van der Waals surface area contributed by atoms with Gasteiger partial charge in [0.25, 0.3) is 5.91 Å². The maximum atomic E-state index is 13.4. The summed E-state index contributed by atoms with van der Waals surface area (Å²) in [6.45, 7) is 3.21. The van der Waals surface area contributed by atoms with Crippen LogP contribution in [0.25, 0.3) is 11.3 Å². The number of rotatable bonds is 12. The zero-order valence-corrected chi connectivity index (χ0v) is 19.6. The van der Waals surface area contributed by atoms with Gasteiger partial charge >= 0.3 is 0 Å². The summed E-state index contributed by atoms with van der Waals surface area (Å²) in [6.07, 6.45) is 3.46. The Morgan fingerprint density at radius 1 is 1.12 bits per heavy atom. The molecule has 8 heteroatoms. The third-order valence-corrected chi connectivity index (χ3v) is 5.40. The minimum atomic E-state index is -0.303. The van der Waals surface area contributed by atoms with Crippen LogP contribution in [0, 0.1) is 5.82 Å². The zero-order chi connectivity index (χ0) is 24.3. The van der Waals surface area contributed by atoms with Crippen LogP contribution >= 0.6 is 0 Å². The predicted molar refractivity (Wildman–Crippen MR) is 129 cm³/mol. The quantitative estimate of drug-likeness (QED) is 0.392. The third-order valence-electron chi connectivity index (χ3n) is 5.40. The number of aryl methyl sites for hydroxylation is 1. The van der Waals surface area contributed by atoms with Gasteiger partial charge in [0.05, 0.1) is 18.8 Å². The summed E-state index contributed by atoms with van der Waals surface area (Å²) in [7, 11) is 1.71. The Hall–Kier alpha value is -3.68. The second kappa shape index (κ2) is 12.5. The summed E-state index contributed by atoms with van der Waals surface area (Å²) in [6, 6.07) is 15.1. The van der Waals surface area contributed by atoms with Crippen molar-refractivity contribution < 1.29 is 18.7 Å². The Morgan fingerprint density at radius 2 is 1.91 bits per heavy atom. The molecule has 0 unspecified atom stereocenters. The largest absolute Gasteiger partial charge is 0.494 e. The Labute approximate surface area is 199 Å². The topological polar surface area (TPSA) is 87.3 Å². The number of likely N-dealkylation sites (N-methyl/N-ethyl adjacent to an activating group) is 1. The molecular formula is C26H31FN4O3. The lowest BCUT2D eigenvalue weighted by Gasteiger charge is -2.17. The van der Waals surface area contributed by atoms with Crippen molar-refractivity contribution in [1.29, 1.82) is 0 Å². The maximum absolute atomic E-state index is 13.4. The molecule has 0 spiro atoms. The van der Waals surface area contributed by atoms with Crippen molar-refractivity contribution in [3.63, 3.8) is 0 Å². The van der Waals surface area contributed by atoms with E-state index in [1.165, 1.54) is 12.1 Å². The van der Waals surface area contributed by atoms with Crippen LogP contribution in [-0.4, -0.2) is 53.7 Å². The molecule has 0 fully saturated rings. The lowest BCUT2D eigenvalue weighted by Crippen LogP contribution is -2.38. The standard InChI is InChI=1S/C26H31FN4O3/c1-3-4-15-34-23-12-10-19(11-13-23)26(33)28-18-25(32)31(2)14-6-9-22-17-24(30-29-22)20-7-5-8-21(27)16-20/h5,7-8,10-13,16-17H,3-4,6,9,14-15,18H2,1-2H3,(H,28,33)(H,29,30). The van der Waals surface area contributed by atoms with Gasteiger partial charge < -0.3 is 15.0 Å². The van der Waals surface area contributed by atoms with Gasteiger partial charge in [-0.05, 0) is 61.7 Å². The highest BCUT2D eigenvalue weighted by Crippen LogP contribution is 2.19. The number of halogens is 1. The summed E-state index contributed by atoms with van der Waals surface area (Å²) in [5, 5.41) is 9.86. The van der Waals surface area contributed by atoms with Crippen molar-refractivity contribution in [2.24, 2.45) is 0 Å². The number of nitrogens with zero attached hydrogens (tertiary/aromatic N) is 2. The zero-order valence-electron chi connectivity index (χ0n) is 19.6. The predicted octanol–water partition coefficient (Wildman–Crippen LogP) is 4.22. The molecule has 1 heterocycles. The number of carbonyl (C=O) groups is 2. The number of hydrogen-bond acceptors (Lipinski definition) is 4. The van der Waals surface area contributed by atoms with E-state index >= 15 is 0 Å². The Kier molecular flexibility index (Phi) is 9.20. The van der Waals surface area contributed by atoms with E-state index < -0.39 is 0 Å². The van der Waals surface area contributed by atoms with E-state index in [-0.39, 0.29) is 24.2 Å². The van der Waals surface area contributed by atoms with Gasteiger partial charge in [0.1, 0.15) is 11.6 Å². The third kappa shape index (κ3) is 7.43. The van der Waals surface area contributed by atoms with Crippen LogP contribution in [0.1, 0.15) is 42.2 Å². The number of aromatic nitrogens is 2. The molecule has 0 aliphatic carbocycles. The second-order valence-corrected chi connectivity index (χ2v) is 8.12. The number of aromatic amines is 1. The molecule has 7 nitrogen and oxygen atoms in total. The minimum absolute atomic E-state index is 0.0716. The van der Waals surface area contributed by atoms with Crippen LogP contribution in [0.2, 0.25) is 0 Å². The lowest BCUT2D eigenvalue weighted by molar-refractivity contribution is -0.128. The van der Waals surface area contributed by atoms with E-state index in [9.17, 15) is 14.0 Å². The van der Waals surface area contributed by atoms with Crippen LogP contribution < -0.4 is 10.1 Å². The van der Waals surface area contributed by atoms with Crippen LogP contribution in [0.5, 0.6) is 5.75 Å². The maximum Gasteiger partial charge on any atom is 0.251 e. The smallest absolute Gasteiger partial charge is 0.251 e. The molecule has 3 rings (SSSR count). The van der Waals surface area contributed by atoms with Crippen molar-refractivity contribution in [1.82, 2.24) is 20.4 Å². The summed E-state index contributed by atoms with van der Waals surface area (Å²) in [5.74, 6) is -0.0500. The van der Waals surface area contributed by atoms with Crippen molar-refractivity contribution >= 4 is 11.8 Å². The number of H-pyrrole nitrogens is 1. The van der Waals surface area contributed by atoms with E-state index in [0.29, 0.717) is 36.4 Å². The van der Waals surface area contributed by atoms with Crippen LogP contribution in [0.4, 0.5) is 4.39 Å². The summed E-state index contributed by atoms with van der Waals surface area (Å²) in [5.41, 5.74) is 2.79. The molecule has 0 radical (unpaired) electrons. The molecule has 0 bridgehead atoms. The number of unbranched alkanes of at least 4 members (excludes halogenated alkanes) is 1. The Bertz CT molecular complexity index is 1080. The van der Waals surface area contributed by atoms with Crippen molar-refractivity contribution in [3.8, 4) is 17.0 Å². The van der Waals surface area contributed by atoms with Gasteiger partial charge in [-0.1, -0.05) is 25.5 Å². The molecule has 0 saturated carbocycles. The molecule has 0 aliphatic rings. The summed E-state index contributed by atoms with van der Waals surface area (Å²) >= 11 is 0. The highest BCUT2D eigenvalue weighted by molar-refractivity contribution is 5.96. The normalized spacial score (nSPS) is 10.7. The molecule has 0 atom stereocenters. The molecule has 34 heavy (non-hydrogen) atoms. The molecule has 2 amide bonds. The first-order valence-corrected chi connectivity index (χ1v) is 11.5. The van der Waals surface area contributed by atoms with Crippen molar-refractivity contribution in [2.75, 3.05) is 26.7 Å². The molecule has 1 aromatic heterocycles. The highest BCUT2D eigenvalue weighted by atomic mass is 19.1. The minimum Gasteiger partial charge on any atom is -0.494 e. The monoisotopic (exact) mass is 466 g/mol. The van der Waals surface area contributed by atoms with Gasteiger partial charge in [-0.2, -0.15) is 5.10 Å². The fourth-order valence-electron chi connectivity index (χ4n) is 3.35. The first-order valence-electron chi connectivity index (χ1n) is 11.5. The number of amides is 2. The molecule has 2 aromatic carbocycles. The molecule has 180 valence electrons. The average molecular weight is 467 g/mol. The molecule has 0 aliphatic heterocycles. The summed E-state index contributed by atoms with van der Waals surface area (Å²) in [4.78, 5) is 26.3. The van der Waals surface area contributed by atoms with Crippen molar-refractivity contribution in [3.05, 3.63) is 71.7 Å². The number of nitrogens with one attached hydrogen (secondary N) is 2. The Balaban J connectivity index is 1.38. The SMILES string of the molecule is CCCCOc1ccc(C(=O)NCC(=O)N(C)CCCc2cc(-c3cccc(F)c3)n[nH]2)cc1. The van der Waals surface area contributed by atoms with E-state index in [0.717, 1.165) is 30.7 Å². The van der Waals surface area contributed by atoms with Gasteiger partial charge in [0.2, 0.25) is 5.91 Å². The van der Waals surface area contributed by atoms with Gasteiger partial charge in [0, 0.05) is 30.4 Å². The fraction of sp³-hybridized carbons (Fsp3) is 0.346. The second-order valence-electron chi connectivity index (χ2n) is 8.12. The number of benzene rings is 2. The molecular weight excluding hydrogens is 435 g/mol. The first kappa shape index (κ1) is 25.0. The first-order chi connectivity index (χ1) is 16.5. The fourth-order valence-corrected chi connectivity index (χ4v) is 3.35. The van der Waals surface area contributed by atoms with E-state index in [4.69, 9.17) is 4.74 Å². The van der Waals surface area contributed by atoms with E-state index in [1.807, 2.05) is 6.07 Å². The number of carbonyl (C=O) groups excluding carboxylic acids is 2. The average Bonchev–Trinajstić information content (AvgIpc) is 3.32. The highest BCUT2D eigenvalue weighted by Gasteiger charge is 2.12. The lowest BCUT2D eigenvalue weighted by atomic mass is 10.1. The van der Waals surface area contributed by atoms with Crippen LogP contribution in [-0.2, 0) is 11.2 Å². The molecule has 2 N–H and O–H groups in total. The van der Waals surface area contributed by atoms with E-state index in [2.05, 4.69) is 22.4 Å². The molecule has 3 aromatic rings. The van der Waals surface area contributed by atoms with Crippen LogP contribution in [0.15, 0.2) is 54.6 Å².